The molecule has 2 N–H and O–H groups in total. The van der Waals surface area contributed by atoms with Gasteiger partial charge in [0.05, 0.1) is 17.9 Å². The fourth-order valence-electron chi connectivity index (χ4n) is 4.46. The number of carbonyl (C=O) groups is 3. The zero-order chi connectivity index (χ0) is 31.7. The Morgan fingerprint density at radius 1 is 0.844 bits per heavy atom. The Labute approximate surface area is 268 Å². The van der Waals surface area contributed by atoms with Gasteiger partial charge in [0, 0.05) is 19.9 Å². The van der Waals surface area contributed by atoms with E-state index in [1.54, 1.807) is 18.2 Å². The highest BCUT2D eigenvalue weighted by molar-refractivity contribution is 5.99. The summed E-state index contributed by atoms with van der Waals surface area (Å²) in [5, 5.41) is 5.64. The molecule has 0 aliphatic carbocycles. The van der Waals surface area contributed by atoms with Crippen molar-refractivity contribution in [2.45, 2.75) is 67.0 Å². The lowest BCUT2D eigenvalue weighted by Crippen LogP contribution is -2.44. The van der Waals surface area contributed by atoms with Crippen LogP contribution < -0.4 is 20.1 Å². The number of anilines is 1. The molecule has 0 fully saturated rings. The molecular weight excluding hydrogens is 570 g/mol. The van der Waals surface area contributed by atoms with E-state index < -0.39 is 17.9 Å². The summed E-state index contributed by atoms with van der Waals surface area (Å²) < 4.78 is 17.3. The Kier molecular flexibility index (Phi) is 16.2. The second kappa shape index (κ2) is 19.8. The third-order valence-electron chi connectivity index (χ3n) is 7.07. The van der Waals surface area contributed by atoms with Gasteiger partial charge in [-0.25, -0.2) is 4.79 Å². The predicted octanol–water partition coefficient (Wildman–Crippen LogP) is 6.27. The van der Waals surface area contributed by atoms with Gasteiger partial charge in [-0.15, -0.1) is 0 Å². The topological polar surface area (TPSA) is 106 Å². The van der Waals surface area contributed by atoms with E-state index in [4.69, 9.17) is 14.2 Å². The zero-order valence-corrected chi connectivity index (χ0v) is 26.3. The number of rotatable bonds is 18. The maximum Gasteiger partial charge on any atom is 0.338 e. The van der Waals surface area contributed by atoms with Gasteiger partial charge in [0.25, 0.3) is 0 Å². The van der Waals surface area contributed by atoms with Crippen molar-refractivity contribution in [2.75, 3.05) is 38.2 Å². The Balaban J connectivity index is 0.00000705. The first kappa shape index (κ1) is 36.8. The van der Waals surface area contributed by atoms with E-state index in [0.717, 1.165) is 37.1 Å². The molecular formula is C36H49N3O6. The first-order valence-corrected chi connectivity index (χ1v) is 15.3. The molecule has 9 heteroatoms. The van der Waals surface area contributed by atoms with Gasteiger partial charge in [-0.2, -0.15) is 0 Å². The molecule has 0 aromatic heterocycles. The monoisotopic (exact) mass is 619 g/mol. The van der Waals surface area contributed by atoms with Crippen molar-refractivity contribution in [2.24, 2.45) is 0 Å². The number of unbranched alkanes of at least 4 members (excludes halogenated alkanes) is 1. The van der Waals surface area contributed by atoms with Gasteiger partial charge in [-0.05, 0) is 61.0 Å². The molecule has 0 unspecified atom stereocenters. The van der Waals surface area contributed by atoms with Gasteiger partial charge in [-0.1, -0.05) is 77.1 Å². The summed E-state index contributed by atoms with van der Waals surface area (Å²) in [6.07, 6.45) is 2.01. The van der Waals surface area contributed by atoms with Crippen LogP contribution in [0.2, 0.25) is 0 Å². The molecule has 2 amide bonds. The average molecular weight is 620 g/mol. The Morgan fingerprint density at radius 3 is 2.20 bits per heavy atom. The number of nitrogens with one attached hydrogen (secondary N) is 2. The van der Waals surface area contributed by atoms with Crippen LogP contribution in [0.15, 0.2) is 72.8 Å². The van der Waals surface area contributed by atoms with Crippen LogP contribution in [0, 0.1) is 0 Å². The zero-order valence-electron chi connectivity index (χ0n) is 26.3. The molecule has 3 rings (SSSR count). The van der Waals surface area contributed by atoms with Gasteiger partial charge in [0.2, 0.25) is 11.8 Å². The highest BCUT2D eigenvalue weighted by Gasteiger charge is 2.22. The quantitative estimate of drug-likeness (QED) is 0.128. The van der Waals surface area contributed by atoms with E-state index in [9.17, 15) is 14.4 Å². The van der Waals surface area contributed by atoms with Crippen LogP contribution in [0.3, 0.4) is 0 Å². The summed E-state index contributed by atoms with van der Waals surface area (Å²) in [5.74, 6) is -0.109. The first-order valence-electron chi connectivity index (χ1n) is 15.3. The van der Waals surface area contributed by atoms with E-state index in [0.29, 0.717) is 42.5 Å². The Morgan fingerprint density at radius 2 is 1.56 bits per heavy atom. The van der Waals surface area contributed by atoms with Crippen LogP contribution in [-0.2, 0) is 27.4 Å². The largest absolute Gasteiger partial charge is 0.491 e. The highest BCUT2D eigenvalue weighted by Crippen LogP contribution is 2.27. The molecule has 244 valence electrons. The molecule has 0 saturated carbocycles. The predicted molar refractivity (Wildman–Crippen MR) is 179 cm³/mol. The summed E-state index contributed by atoms with van der Waals surface area (Å²) in [6, 6.07) is 21.3. The molecule has 0 bridgehead atoms. The van der Waals surface area contributed by atoms with Crippen LogP contribution in [-0.4, -0.2) is 61.6 Å². The van der Waals surface area contributed by atoms with Crippen molar-refractivity contribution < 1.29 is 28.6 Å². The van der Waals surface area contributed by atoms with Gasteiger partial charge >= 0.3 is 5.97 Å². The van der Waals surface area contributed by atoms with Gasteiger partial charge in [-0.3, -0.25) is 9.59 Å². The summed E-state index contributed by atoms with van der Waals surface area (Å²) >= 11 is 0. The number of ether oxygens (including phenoxy) is 3. The molecule has 0 saturated heterocycles. The van der Waals surface area contributed by atoms with Crippen LogP contribution in [0.25, 0.3) is 0 Å². The highest BCUT2D eigenvalue weighted by atomic mass is 16.5. The van der Waals surface area contributed by atoms with Crippen LogP contribution in [0.5, 0.6) is 11.5 Å². The van der Waals surface area contributed by atoms with Crippen LogP contribution >= 0.6 is 0 Å². The molecule has 45 heavy (non-hydrogen) atoms. The van der Waals surface area contributed by atoms with Crippen molar-refractivity contribution in [1.82, 2.24) is 10.2 Å². The van der Waals surface area contributed by atoms with Crippen molar-refractivity contribution in [3.63, 3.8) is 0 Å². The Hall–Kier alpha value is -4.37. The van der Waals surface area contributed by atoms with E-state index in [-0.39, 0.29) is 26.4 Å². The first-order chi connectivity index (χ1) is 21.3. The van der Waals surface area contributed by atoms with E-state index >= 15 is 0 Å². The van der Waals surface area contributed by atoms with Crippen molar-refractivity contribution in [1.29, 1.82) is 0 Å². The van der Waals surface area contributed by atoms with E-state index in [1.807, 2.05) is 54.6 Å². The lowest BCUT2D eigenvalue weighted by Gasteiger charge is -2.20. The molecule has 3 aromatic rings. The lowest BCUT2D eigenvalue weighted by molar-refractivity contribution is -0.125. The smallest absolute Gasteiger partial charge is 0.338 e. The van der Waals surface area contributed by atoms with Crippen LogP contribution in [0.4, 0.5) is 5.69 Å². The van der Waals surface area contributed by atoms with Crippen molar-refractivity contribution >= 4 is 23.5 Å². The maximum atomic E-state index is 13.4. The molecule has 0 spiro atoms. The third-order valence-corrected chi connectivity index (χ3v) is 7.07. The van der Waals surface area contributed by atoms with Gasteiger partial charge in [0.15, 0.2) is 0 Å². The summed E-state index contributed by atoms with van der Waals surface area (Å²) in [4.78, 5) is 40.4. The number of esters is 1. The minimum Gasteiger partial charge on any atom is -0.491 e. The van der Waals surface area contributed by atoms with Crippen molar-refractivity contribution in [3.8, 4) is 11.5 Å². The molecule has 9 nitrogen and oxygen atoms in total. The maximum absolute atomic E-state index is 13.4. The number of nitrogens with zero attached hydrogens (tertiary/aromatic N) is 1. The van der Waals surface area contributed by atoms with E-state index in [1.165, 1.54) is 6.92 Å². The molecule has 0 radical (unpaired) electrons. The molecule has 0 aliphatic heterocycles. The summed E-state index contributed by atoms with van der Waals surface area (Å²) in [5.41, 5.74) is 2.67. The fraction of sp³-hybridized carbons (Fsp3) is 0.417. The fourth-order valence-corrected chi connectivity index (χ4v) is 4.46. The number of hydrogen-bond donors (Lipinski definition) is 2. The lowest BCUT2D eigenvalue weighted by atomic mass is 10.0. The third kappa shape index (κ3) is 12.6. The molecule has 3 aromatic carbocycles. The number of benzene rings is 3. The van der Waals surface area contributed by atoms with E-state index in [2.05, 4.69) is 36.3 Å². The second-order valence-corrected chi connectivity index (χ2v) is 10.4. The number of hydrogen-bond acceptors (Lipinski definition) is 7. The number of likely N-dealkylation sites (N-methyl/N-ethyl adjacent to an activating group) is 1. The molecule has 0 heterocycles. The van der Waals surface area contributed by atoms with Gasteiger partial charge in [0.1, 0.15) is 30.8 Å². The SMILES string of the molecule is C.CCCCOc1cc(C(=O)OCCN(CC)CC)ccc1NC(=O)[C@@H](Cc1ccc(OCc2ccccc2)cc1)NC(C)=O. The van der Waals surface area contributed by atoms with Crippen molar-refractivity contribution in [3.05, 3.63) is 89.5 Å². The Bertz CT molecular complexity index is 1330. The normalized spacial score (nSPS) is 11.2. The number of carbonyl (C=O) groups excluding carboxylic acids is 3. The minimum atomic E-state index is -0.836. The average Bonchev–Trinajstić information content (AvgIpc) is 3.03. The number of amides is 2. The minimum absolute atomic E-state index is 0. The molecule has 1 atom stereocenters. The van der Waals surface area contributed by atoms with Gasteiger partial charge < -0.3 is 29.7 Å². The second-order valence-electron chi connectivity index (χ2n) is 10.4. The standard InChI is InChI=1S/C35H45N3O6.CH4/c1-5-8-21-42-33-24-29(35(41)43-22-20-38(6-2)7-3)16-19-31(33)37-34(40)32(36-26(4)39)23-27-14-17-30(18-15-27)44-25-28-12-10-9-11-13-28;/h9-19,24,32H,5-8,20-23,25H2,1-4H3,(H,36,39)(H,37,40);1H4/t32-;/m1./s1. The molecule has 0 aliphatic rings. The van der Waals surface area contributed by atoms with Crippen LogP contribution in [0.1, 0.15) is 69.4 Å². The summed E-state index contributed by atoms with van der Waals surface area (Å²) in [7, 11) is 0. The summed E-state index contributed by atoms with van der Waals surface area (Å²) in [6.45, 7) is 11.1.